The van der Waals surface area contributed by atoms with Gasteiger partial charge in [0.15, 0.2) is 0 Å². The summed E-state index contributed by atoms with van der Waals surface area (Å²) in [6, 6.07) is 0. The van der Waals surface area contributed by atoms with E-state index in [1.54, 1.807) is 6.92 Å². The van der Waals surface area contributed by atoms with Crippen molar-refractivity contribution in [3.63, 3.8) is 0 Å². The molecule has 0 heterocycles. The molecule has 0 atom stereocenters. The van der Waals surface area contributed by atoms with E-state index < -0.39 is 6.36 Å². The summed E-state index contributed by atoms with van der Waals surface area (Å²) in [6.07, 6.45) is -2.63. The fourth-order valence-electron chi connectivity index (χ4n) is 0.512. The topological polar surface area (TPSA) is 9.23 Å². The molecule has 0 aliphatic rings. The lowest BCUT2D eigenvalue weighted by Crippen LogP contribution is -2.11. The number of ether oxygens (including phenoxy) is 1. The van der Waals surface area contributed by atoms with Crippen LogP contribution in [0.4, 0.5) is 13.2 Å². The maximum absolute atomic E-state index is 11.4. The Labute approximate surface area is 57.5 Å². The van der Waals surface area contributed by atoms with E-state index in [0.29, 0.717) is 6.42 Å². The van der Waals surface area contributed by atoms with Gasteiger partial charge in [0.2, 0.25) is 0 Å². The molecule has 0 amide bonds. The molecule has 1 nitrogen and oxygen atoms in total. The maximum Gasteiger partial charge on any atom is 0.572 e. The third-order valence-corrected chi connectivity index (χ3v) is 0.768. The van der Waals surface area contributed by atoms with Crippen LogP contribution in [-0.2, 0) is 4.74 Å². The molecular weight excluding hydrogens is 145 g/mol. The fraction of sp³-hybridized carbons (Fsp3) is 0.667. The maximum atomic E-state index is 11.4. The highest BCUT2D eigenvalue weighted by Crippen LogP contribution is 2.20. The SMILES string of the molecule is CCC=C(C)OC(F)(F)F. The van der Waals surface area contributed by atoms with Crippen LogP contribution >= 0.6 is 0 Å². The second-order valence-corrected chi connectivity index (χ2v) is 1.77. The Morgan fingerprint density at radius 2 is 2.00 bits per heavy atom. The molecule has 0 rings (SSSR count). The highest BCUT2D eigenvalue weighted by atomic mass is 19.4. The van der Waals surface area contributed by atoms with Crippen molar-refractivity contribution in [1.82, 2.24) is 0 Å². The van der Waals surface area contributed by atoms with Crippen molar-refractivity contribution in [1.29, 1.82) is 0 Å². The Bertz CT molecular complexity index is 125. The third kappa shape index (κ3) is 5.47. The van der Waals surface area contributed by atoms with Crippen molar-refractivity contribution in [2.75, 3.05) is 0 Å². The van der Waals surface area contributed by atoms with Gasteiger partial charge in [-0.25, -0.2) is 0 Å². The van der Waals surface area contributed by atoms with E-state index in [1.165, 1.54) is 13.0 Å². The summed E-state index contributed by atoms with van der Waals surface area (Å²) < 4.78 is 37.6. The van der Waals surface area contributed by atoms with Crippen LogP contribution in [0.1, 0.15) is 20.3 Å². The molecule has 60 valence electrons. The normalized spacial score (nSPS) is 13.5. The highest BCUT2D eigenvalue weighted by Gasteiger charge is 2.30. The molecule has 0 N–H and O–H groups in total. The summed E-state index contributed by atoms with van der Waals surface area (Å²) in [5, 5.41) is 0. The zero-order chi connectivity index (χ0) is 8.20. The molecule has 0 spiro atoms. The van der Waals surface area contributed by atoms with Crippen molar-refractivity contribution < 1.29 is 17.9 Å². The molecule has 4 heteroatoms. The summed E-state index contributed by atoms with van der Waals surface area (Å²) in [6.45, 7) is 3.01. The van der Waals surface area contributed by atoms with E-state index in [-0.39, 0.29) is 5.76 Å². The van der Waals surface area contributed by atoms with E-state index in [1.807, 2.05) is 0 Å². The van der Waals surface area contributed by atoms with Crippen LogP contribution in [0.2, 0.25) is 0 Å². The Morgan fingerprint density at radius 1 is 1.50 bits per heavy atom. The summed E-state index contributed by atoms with van der Waals surface area (Å²) in [7, 11) is 0. The Kier molecular flexibility index (Phi) is 3.25. The van der Waals surface area contributed by atoms with Gasteiger partial charge in [0.1, 0.15) is 0 Å². The van der Waals surface area contributed by atoms with Crippen LogP contribution in [0.3, 0.4) is 0 Å². The molecule has 0 fully saturated rings. The van der Waals surface area contributed by atoms with Crippen LogP contribution in [0.5, 0.6) is 0 Å². The average molecular weight is 154 g/mol. The second-order valence-electron chi connectivity index (χ2n) is 1.77. The molecule has 0 aromatic carbocycles. The van der Waals surface area contributed by atoms with E-state index >= 15 is 0 Å². The summed E-state index contributed by atoms with van der Waals surface area (Å²) in [5.41, 5.74) is 0. The molecule has 0 saturated heterocycles. The van der Waals surface area contributed by atoms with Crippen LogP contribution in [0, 0.1) is 0 Å². The highest BCUT2D eigenvalue weighted by molar-refractivity contribution is 4.87. The van der Waals surface area contributed by atoms with Crippen LogP contribution < -0.4 is 0 Å². The Balaban J connectivity index is 3.79. The van der Waals surface area contributed by atoms with Gasteiger partial charge in [0.25, 0.3) is 0 Å². The van der Waals surface area contributed by atoms with Crippen molar-refractivity contribution in [3.05, 3.63) is 11.8 Å². The summed E-state index contributed by atoms with van der Waals surface area (Å²) in [4.78, 5) is 0. The van der Waals surface area contributed by atoms with E-state index in [4.69, 9.17) is 0 Å². The number of halogens is 3. The minimum absolute atomic E-state index is 0.102. The van der Waals surface area contributed by atoms with E-state index in [0.717, 1.165) is 0 Å². The molecule has 0 radical (unpaired) electrons. The predicted molar refractivity (Wildman–Crippen MR) is 31.2 cm³/mol. The number of rotatable bonds is 2. The van der Waals surface area contributed by atoms with Crippen molar-refractivity contribution in [2.24, 2.45) is 0 Å². The first-order valence-electron chi connectivity index (χ1n) is 2.88. The lowest BCUT2D eigenvalue weighted by molar-refractivity contribution is -0.305. The monoisotopic (exact) mass is 154 g/mol. The van der Waals surface area contributed by atoms with Gasteiger partial charge < -0.3 is 4.74 Å². The number of hydrogen-bond acceptors (Lipinski definition) is 1. The van der Waals surface area contributed by atoms with Crippen molar-refractivity contribution >= 4 is 0 Å². The van der Waals surface area contributed by atoms with Crippen molar-refractivity contribution in [2.45, 2.75) is 26.6 Å². The van der Waals surface area contributed by atoms with Gasteiger partial charge in [-0.1, -0.05) is 6.92 Å². The number of hydrogen-bond donors (Lipinski definition) is 0. The van der Waals surface area contributed by atoms with E-state index in [9.17, 15) is 13.2 Å². The Hall–Kier alpha value is -0.670. The summed E-state index contributed by atoms with van der Waals surface area (Å²) in [5.74, 6) is -0.102. The van der Waals surface area contributed by atoms with Gasteiger partial charge in [0.05, 0.1) is 5.76 Å². The first-order valence-corrected chi connectivity index (χ1v) is 2.88. The zero-order valence-corrected chi connectivity index (χ0v) is 5.83. The first kappa shape index (κ1) is 9.33. The van der Waals surface area contributed by atoms with Gasteiger partial charge in [-0.2, -0.15) is 0 Å². The van der Waals surface area contributed by atoms with Gasteiger partial charge in [0, 0.05) is 0 Å². The molecule has 0 aliphatic heterocycles. The standard InChI is InChI=1S/C6H9F3O/c1-3-4-5(2)10-6(7,8)9/h4H,3H2,1-2H3. The molecule has 0 saturated carbocycles. The fourth-order valence-corrected chi connectivity index (χ4v) is 0.512. The van der Waals surface area contributed by atoms with Crippen LogP contribution in [0.25, 0.3) is 0 Å². The summed E-state index contributed by atoms with van der Waals surface area (Å²) >= 11 is 0. The van der Waals surface area contributed by atoms with Gasteiger partial charge in [-0.05, 0) is 19.4 Å². The minimum Gasteiger partial charge on any atom is -0.411 e. The second kappa shape index (κ2) is 3.49. The Morgan fingerprint density at radius 3 is 2.30 bits per heavy atom. The quantitative estimate of drug-likeness (QED) is 0.555. The molecule has 0 aromatic rings. The molecular formula is C6H9F3O. The number of allylic oxidation sites excluding steroid dienone is 2. The molecule has 10 heavy (non-hydrogen) atoms. The molecule has 0 aromatic heterocycles. The van der Waals surface area contributed by atoms with Gasteiger partial charge in [-0.15, -0.1) is 13.2 Å². The first-order chi connectivity index (χ1) is 4.45. The van der Waals surface area contributed by atoms with Crippen molar-refractivity contribution in [3.8, 4) is 0 Å². The molecule has 0 unspecified atom stereocenters. The molecule has 0 aliphatic carbocycles. The number of alkyl halides is 3. The van der Waals surface area contributed by atoms with Gasteiger partial charge in [-0.3, -0.25) is 0 Å². The molecule has 0 bridgehead atoms. The zero-order valence-electron chi connectivity index (χ0n) is 5.83. The minimum atomic E-state index is -4.55. The third-order valence-electron chi connectivity index (χ3n) is 0.768. The predicted octanol–water partition coefficient (Wildman–Crippen LogP) is 2.84. The lowest BCUT2D eigenvalue weighted by atomic mass is 10.4. The smallest absolute Gasteiger partial charge is 0.411 e. The van der Waals surface area contributed by atoms with Crippen LogP contribution in [-0.4, -0.2) is 6.36 Å². The largest absolute Gasteiger partial charge is 0.572 e. The van der Waals surface area contributed by atoms with Crippen LogP contribution in [0.15, 0.2) is 11.8 Å². The average Bonchev–Trinajstić information content (AvgIpc) is 1.59. The van der Waals surface area contributed by atoms with Gasteiger partial charge >= 0.3 is 6.36 Å². The lowest BCUT2D eigenvalue weighted by Gasteiger charge is -2.07. The van der Waals surface area contributed by atoms with E-state index in [2.05, 4.69) is 4.74 Å².